The number of carbonyl (C=O) groups is 1. The van der Waals surface area contributed by atoms with Gasteiger partial charge < -0.3 is 10.5 Å². The minimum absolute atomic E-state index is 0. The molecule has 0 aliphatic rings. The molecule has 3 N–H and O–H groups in total. The molecule has 0 fully saturated rings. The molecule has 0 aromatic rings. The van der Waals surface area contributed by atoms with E-state index in [1.807, 2.05) is 0 Å². The third-order valence-corrected chi connectivity index (χ3v) is 0.495. The van der Waals surface area contributed by atoms with Crippen LogP contribution in [0, 0.1) is 5.41 Å². The van der Waals surface area contributed by atoms with Crippen molar-refractivity contribution in [3.63, 3.8) is 0 Å². The Bertz CT molecular complexity index is 115. The fraction of sp³-hybridized carbons (Fsp3) is 0.500. The molecule has 0 aliphatic carbocycles. The van der Waals surface area contributed by atoms with Gasteiger partial charge in [-0.1, -0.05) is 0 Å². The predicted molar refractivity (Wildman–Crippen MR) is 35.8 cm³/mol. The maximum absolute atomic E-state index is 10.2. The average Bonchev–Trinajstić information content (AvgIpc) is 1.67. The Morgan fingerprint density at radius 3 is 2.33 bits per heavy atom. The van der Waals surface area contributed by atoms with Crippen LogP contribution in [-0.4, -0.2) is 18.4 Å². The summed E-state index contributed by atoms with van der Waals surface area (Å²) in [5.74, 6) is -1.31. The first kappa shape index (κ1) is 11.1. The topological polar surface area (TPSA) is 76.2 Å². The summed E-state index contributed by atoms with van der Waals surface area (Å²) in [4.78, 5) is 10.2. The monoisotopic (exact) mass is 152 g/mol. The van der Waals surface area contributed by atoms with Crippen molar-refractivity contribution in [3.8, 4) is 0 Å². The van der Waals surface area contributed by atoms with Gasteiger partial charge in [-0.15, -0.1) is 12.4 Å². The zero-order chi connectivity index (χ0) is 6.57. The number of esters is 1. The van der Waals surface area contributed by atoms with Crippen LogP contribution in [0.2, 0.25) is 0 Å². The van der Waals surface area contributed by atoms with E-state index in [-0.39, 0.29) is 19.0 Å². The third-order valence-electron chi connectivity index (χ3n) is 0.495. The van der Waals surface area contributed by atoms with Gasteiger partial charge in [-0.3, -0.25) is 5.41 Å². The van der Waals surface area contributed by atoms with Crippen LogP contribution in [0.15, 0.2) is 0 Å². The molecule has 0 heterocycles. The second kappa shape index (κ2) is 5.37. The molecule has 0 saturated carbocycles. The summed E-state index contributed by atoms with van der Waals surface area (Å²) in [6.07, 6.45) is 0. The van der Waals surface area contributed by atoms with Gasteiger partial charge in [0.15, 0.2) is 0 Å². The molecule has 0 radical (unpaired) electrons. The Morgan fingerprint density at radius 1 is 1.78 bits per heavy atom. The lowest BCUT2D eigenvalue weighted by Gasteiger charge is -1.95. The van der Waals surface area contributed by atoms with Crippen molar-refractivity contribution in [3.05, 3.63) is 0 Å². The summed E-state index contributed by atoms with van der Waals surface area (Å²) in [6, 6.07) is 0. The lowest BCUT2D eigenvalue weighted by molar-refractivity contribution is -0.135. The van der Waals surface area contributed by atoms with Crippen molar-refractivity contribution in [2.24, 2.45) is 5.73 Å². The molecule has 0 aromatic carbocycles. The highest BCUT2D eigenvalue weighted by Crippen LogP contribution is 1.73. The summed E-state index contributed by atoms with van der Waals surface area (Å²) >= 11 is 0. The van der Waals surface area contributed by atoms with Gasteiger partial charge >= 0.3 is 5.97 Å². The largest absolute Gasteiger partial charge is 0.460 e. The van der Waals surface area contributed by atoms with E-state index in [0.29, 0.717) is 0 Å². The molecule has 0 aromatic heterocycles. The van der Waals surface area contributed by atoms with E-state index in [9.17, 15) is 4.79 Å². The lowest BCUT2D eigenvalue weighted by atomic mass is 10.6. The molecule has 0 atom stereocenters. The van der Waals surface area contributed by atoms with Crippen LogP contribution in [0.25, 0.3) is 0 Å². The van der Waals surface area contributed by atoms with Crippen molar-refractivity contribution in [1.82, 2.24) is 0 Å². The highest BCUT2D eigenvalue weighted by atomic mass is 35.5. The van der Waals surface area contributed by atoms with Crippen LogP contribution in [0.1, 0.15) is 6.92 Å². The summed E-state index contributed by atoms with van der Waals surface area (Å²) in [6.45, 7) is 1.92. The van der Waals surface area contributed by atoms with Crippen molar-refractivity contribution in [2.75, 3.05) is 6.61 Å². The molecule has 0 saturated heterocycles. The SMILES string of the molecule is CCOC(=O)C(=N)N.Cl. The number of halogens is 1. The zero-order valence-electron chi connectivity index (χ0n) is 5.01. The fourth-order valence-corrected chi connectivity index (χ4v) is 0.209. The fourth-order valence-electron chi connectivity index (χ4n) is 0.209. The first-order valence-electron chi connectivity index (χ1n) is 2.19. The number of rotatable bonds is 1. The number of nitrogens with two attached hydrogens (primary N) is 1. The van der Waals surface area contributed by atoms with Crippen LogP contribution in [0.4, 0.5) is 0 Å². The first-order valence-corrected chi connectivity index (χ1v) is 2.19. The maximum atomic E-state index is 10.2. The number of nitrogens with one attached hydrogen (secondary N) is 1. The van der Waals surface area contributed by atoms with E-state index in [1.54, 1.807) is 6.92 Å². The second-order valence-electron chi connectivity index (χ2n) is 1.13. The van der Waals surface area contributed by atoms with Crippen LogP contribution >= 0.6 is 12.4 Å². The number of hydrogen-bond acceptors (Lipinski definition) is 3. The number of carbonyl (C=O) groups excluding carboxylic acids is 1. The minimum Gasteiger partial charge on any atom is -0.460 e. The lowest BCUT2D eigenvalue weighted by Crippen LogP contribution is -2.24. The summed E-state index contributed by atoms with van der Waals surface area (Å²) < 4.78 is 4.31. The van der Waals surface area contributed by atoms with Gasteiger partial charge in [0, 0.05) is 0 Å². The number of hydrogen-bond donors (Lipinski definition) is 2. The van der Waals surface area contributed by atoms with Crippen LogP contribution in [0.3, 0.4) is 0 Å². The highest BCUT2D eigenvalue weighted by molar-refractivity contribution is 6.33. The van der Waals surface area contributed by atoms with Crippen molar-refractivity contribution in [1.29, 1.82) is 5.41 Å². The van der Waals surface area contributed by atoms with E-state index in [2.05, 4.69) is 4.74 Å². The minimum atomic E-state index is -0.757. The van der Waals surface area contributed by atoms with Gasteiger partial charge in [0.2, 0.25) is 5.84 Å². The Kier molecular flexibility index (Phi) is 6.61. The average molecular weight is 153 g/mol. The van der Waals surface area contributed by atoms with Crippen LogP contribution in [-0.2, 0) is 9.53 Å². The molecule has 5 heteroatoms. The Balaban J connectivity index is 0. The van der Waals surface area contributed by atoms with Gasteiger partial charge in [0.1, 0.15) is 0 Å². The Labute approximate surface area is 59.3 Å². The molecule has 0 bridgehead atoms. The smallest absolute Gasteiger partial charge is 0.373 e. The molecule has 4 nitrogen and oxygen atoms in total. The van der Waals surface area contributed by atoms with Crippen LogP contribution < -0.4 is 5.73 Å². The molecule has 54 valence electrons. The van der Waals surface area contributed by atoms with Gasteiger partial charge in [0.25, 0.3) is 0 Å². The van der Waals surface area contributed by atoms with Gasteiger partial charge in [-0.25, -0.2) is 4.79 Å². The predicted octanol–water partition coefficient (Wildman–Crippen LogP) is -0.0927. The van der Waals surface area contributed by atoms with Gasteiger partial charge in [-0.2, -0.15) is 0 Å². The van der Waals surface area contributed by atoms with Gasteiger partial charge in [0.05, 0.1) is 6.61 Å². The summed E-state index contributed by atoms with van der Waals surface area (Å²) in [5.41, 5.74) is 4.73. The normalized spacial score (nSPS) is 7.22. The summed E-state index contributed by atoms with van der Waals surface area (Å²) in [7, 11) is 0. The van der Waals surface area contributed by atoms with Crippen molar-refractivity contribution < 1.29 is 9.53 Å². The zero-order valence-corrected chi connectivity index (χ0v) is 5.83. The van der Waals surface area contributed by atoms with Crippen molar-refractivity contribution >= 4 is 24.2 Å². The molecular weight excluding hydrogens is 144 g/mol. The number of ether oxygens (including phenoxy) is 1. The molecular formula is C4H9ClN2O2. The first-order chi connectivity index (χ1) is 3.68. The van der Waals surface area contributed by atoms with Crippen LogP contribution in [0.5, 0.6) is 0 Å². The molecule has 0 amide bonds. The molecule has 0 aliphatic heterocycles. The van der Waals surface area contributed by atoms with Gasteiger partial charge in [-0.05, 0) is 6.92 Å². The quantitative estimate of drug-likeness (QED) is 0.313. The Hall–Kier alpha value is -0.770. The Morgan fingerprint density at radius 2 is 2.22 bits per heavy atom. The highest BCUT2D eigenvalue weighted by Gasteiger charge is 2.01. The number of amidine groups is 1. The summed E-state index contributed by atoms with van der Waals surface area (Å²) in [5, 5.41) is 6.51. The second-order valence-corrected chi connectivity index (χ2v) is 1.13. The van der Waals surface area contributed by atoms with E-state index in [1.165, 1.54) is 0 Å². The molecule has 9 heavy (non-hydrogen) atoms. The van der Waals surface area contributed by atoms with Crippen molar-refractivity contribution in [2.45, 2.75) is 6.92 Å². The third kappa shape index (κ3) is 5.10. The molecule has 0 spiro atoms. The molecule has 0 rings (SSSR count). The van der Waals surface area contributed by atoms with E-state index < -0.39 is 11.8 Å². The maximum Gasteiger partial charge on any atom is 0.373 e. The molecule has 0 unspecified atom stereocenters. The standard InChI is InChI=1S/C4H8N2O2.ClH/c1-2-8-4(7)3(5)6;/h2H2,1H3,(H3,5,6);1H. The van der Waals surface area contributed by atoms with E-state index >= 15 is 0 Å². The van der Waals surface area contributed by atoms with E-state index in [0.717, 1.165) is 0 Å². The van der Waals surface area contributed by atoms with E-state index in [4.69, 9.17) is 11.1 Å².